The molecule has 0 saturated carbocycles. The van der Waals surface area contributed by atoms with Crippen molar-refractivity contribution in [1.29, 1.82) is 0 Å². The lowest BCUT2D eigenvalue weighted by molar-refractivity contribution is -0.122. The Morgan fingerprint density at radius 3 is 2.32 bits per heavy atom. The van der Waals surface area contributed by atoms with Gasteiger partial charge in [-0.15, -0.1) is 0 Å². The predicted molar refractivity (Wildman–Crippen MR) is 91.1 cm³/mol. The summed E-state index contributed by atoms with van der Waals surface area (Å²) in [6.45, 7) is 5.69. The molecule has 2 rings (SSSR count). The predicted octanol–water partition coefficient (Wildman–Crippen LogP) is 5.02. The largest absolute Gasteiger partial charge is 0.481 e. The number of nitrogens with one attached hydrogen (secondary N) is 1. The van der Waals surface area contributed by atoms with E-state index in [-0.39, 0.29) is 5.91 Å². The van der Waals surface area contributed by atoms with Crippen molar-refractivity contribution >= 4 is 34.8 Å². The highest BCUT2D eigenvalue weighted by molar-refractivity contribution is 6.39. The minimum atomic E-state index is -0.672. The molecule has 0 unspecified atom stereocenters. The third-order valence-corrected chi connectivity index (χ3v) is 4.00. The minimum Gasteiger partial charge on any atom is -0.481 e. The van der Waals surface area contributed by atoms with Crippen molar-refractivity contribution in [3.8, 4) is 5.75 Å². The maximum Gasteiger partial charge on any atom is 0.265 e. The molecule has 5 heteroatoms. The van der Waals surface area contributed by atoms with E-state index in [1.54, 1.807) is 25.1 Å². The third kappa shape index (κ3) is 3.93. The van der Waals surface area contributed by atoms with E-state index < -0.39 is 6.10 Å². The summed E-state index contributed by atoms with van der Waals surface area (Å²) in [6.07, 6.45) is -0.672. The van der Waals surface area contributed by atoms with Crippen LogP contribution in [0.15, 0.2) is 36.4 Å². The van der Waals surface area contributed by atoms with Crippen molar-refractivity contribution in [1.82, 2.24) is 0 Å². The zero-order valence-electron chi connectivity index (χ0n) is 12.6. The summed E-state index contributed by atoms with van der Waals surface area (Å²) in [4.78, 5) is 12.2. The molecule has 0 aliphatic rings. The summed E-state index contributed by atoms with van der Waals surface area (Å²) in [5, 5.41) is 3.47. The van der Waals surface area contributed by atoms with Crippen LogP contribution in [0.2, 0.25) is 10.0 Å². The Kier molecular flexibility index (Phi) is 5.33. The maximum atomic E-state index is 12.2. The number of para-hydroxylation sites is 1. The molecule has 22 heavy (non-hydrogen) atoms. The number of halogens is 2. The number of benzene rings is 2. The Morgan fingerprint density at radius 2 is 1.73 bits per heavy atom. The molecule has 3 nitrogen and oxygen atoms in total. The third-order valence-electron chi connectivity index (χ3n) is 3.37. The van der Waals surface area contributed by atoms with Crippen molar-refractivity contribution in [2.45, 2.75) is 26.9 Å². The Bertz CT molecular complexity index is 681. The van der Waals surface area contributed by atoms with Crippen LogP contribution in [0.3, 0.4) is 0 Å². The zero-order chi connectivity index (χ0) is 16.3. The number of anilines is 1. The topological polar surface area (TPSA) is 38.3 Å². The molecule has 0 spiro atoms. The van der Waals surface area contributed by atoms with Gasteiger partial charge in [0.1, 0.15) is 5.75 Å². The molecule has 0 aromatic heterocycles. The van der Waals surface area contributed by atoms with Crippen LogP contribution in [0.4, 0.5) is 5.69 Å². The number of hydrogen-bond donors (Lipinski definition) is 1. The fourth-order valence-corrected chi connectivity index (χ4v) is 2.38. The number of carbonyl (C=O) groups is 1. The van der Waals surface area contributed by atoms with Crippen molar-refractivity contribution in [3.63, 3.8) is 0 Å². The van der Waals surface area contributed by atoms with E-state index in [1.807, 2.05) is 32.0 Å². The molecule has 0 saturated heterocycles. The number of carbonyl (C=O) groups excluding carboxylic acids is 1. The Hall–Kier alpha value is -1.71. The average molecular weight is 338 g/mol. The van der Waals surface area contributed by atoms with Gasteiger partial charge in [0.25, 0.3) is 5.91 Å². The van der Waals surface area contributed by atoms with E-state index in [4.69, 9.17) is 27.9 Å². The molecule has 1 N–H and O–H groups in total. The molecule has 0 heterocycles. The summed E-state index contributed by atoms with van der Waals surface area (Å²) < 4.78 is 5.67. The maximum absolute atomic E-state index is 12.2. The summed E-state index contributed by atoms with van der Waals surface area (Å²) in [6, 6.07) is 10.8. The van der Waals surface area contributed by atoms with Crippen molar-refractivity contribution < 1.29 is 9.53 Å². The van der Waals surface area contributed by atoms with E-state index in [1.165, 1.54) is 5.56 Å². The lowest BCUT2D eigenvalue weighted by atomic mass is 10.1. The Labute approximate surface area is 140 Å². The number of aryl methyl sites for hydroxylation is 2. The summed E-state index contributed by atoms with van der Waals surface area (Å²) in [5.74, 6) is 0.337. The van der Waals surface area contributed by atoms with Crippen LogP contribution in [-0.2, 0) is 4.79 Å². The Balaban J connectivity index is 2.07. The first kappa shape index (κ1) is 16.7. The number of rotatable bonds is 4. The van der Waals surface area contributed by atoms with Gasteiger partial charge >= 0.3 is 0 Å². The van der Waals surface area contributed by atoms with Crippen LogP contribution in [0, 0.1) is 13.8 Å². The smallest absolute Gasteiger partial charge is 0.265 e. The van der Waals surface area contributed by atoms with Gasteiger partial charge in [0.2, 0.25) is 0 Å². The first-order chi connectivity index (χ1) is 10.4. The first-order valence-electron chi connectivity index (χ1n) is 6.87. The van der Waals surface area contributed by atoms with Crippen molar-refractivity contribution in [3.05, 3.63) is 57.6 Å². The van der Waals surface area contributed by atoms with Gasteiger partial charge in [0.05, 0.1) is 15.7 Å². The van der Waals surface area contributed by atoms with E-state index >= 15 is 0 Å². The fraction of sp³-hybridized carbons (Fsp3) is 0.235. The van der Waals surface area contributed by atoms with Crippen LogP contribution < -0.4 is 10.1 Å². The Morgan fingerprint density at radius 1 is 1.09 bits per heavy atom. The molecule has 0 fully saturated rings. The fourth-order valence-electron chi connectivity index (χ4n) is 1.89. The average Bonchev–Trinajstić information content (AvgIpc) is 2.46. The van der Waals surface area contributed by atoms with Crippen LogP contribution in [0.1, 0.15) is 18.1 Å². The number of hydrogen-bond acceptors (Lipinski definition) is 2. The van der Waals surface area contributed by atoms with E-state index in [2.05, 4.69) is 5.32 Å². The molecule has 2 aromatic rings. The van der Waals surface area contributed by atoms with Crippen molar-refractivity contribution in [2.75, 3.05) is 5.32 Å². The molecular formula is C17H17Cl2NO2. The minimum absolute atomic E-state index is 0.312. The zero-order valence-corrected chi connectivity index (χ0v) is 14.1. The van der Waals surface area contributed by atoms with Gasteiger partial charge in [-0.05, 0) is 56.2 Å². The molecule has 1 atom stereocenters. The van der Waals surface area contributed by atoms with Gasteiger partial charge in [-0.2, -0.15) is 0 Å². The van der Waals surface area contributed by atoms with E-state index in [9.17, 15) is 4.79 Å². The van der Waals surface area contributed by atoms with Crippen molar-refractivity contribution in [2.24, 2.45) is 0 Å². The molecule has 0 bridgehead atoms. The monoisotopic (exact) mass is 337 g/mol. The first-order valence-corrected chi connectivity index (χ1v) is 7.63. The van der Waals surface area contributed by atoms with Crippen LogP contribution in [0.25, 0.3) is 0 Å². The highest BCUT2D eigenvalue weighted by Crippen LogP contribution is 2.30. The second-order valence-corrected chi connectivity index (χ2v) is 5.91. The molecule has 0 aliphatic heterocycles. The molecule has 116 valence electrons. The number of amides is 1. The van der Waals surface area contributed by atoms with Gasteiger partial charge < -0.3 is 10.1 Å². The standard InChI is InChI=1S/C17H17Cl2NO2/c1-10-7-8-13(9-11(10)2)22-12(3)17(21)20-16-14(18)5-4-6-15(16)19/h4-9,12H,1-3H3,(H,20,21)/t12-/m1/s1. The molecular weight excluding hydrogens is 321 g/mol. The van der Waals surface area contributed by atoms with Gasteiger partial charge in [-0.1, -0.05) is 35.3 Å². The normalized spacial score (nSPS) is 11.9. The van der Waals surface area contributed by atoms with Gasteiger partial charge in [0.15, 0.2) is 6.10 Å². The number of ether oxygens (including phenoxy) is 1. The highest BCUT2D eigenvalue weighted by Gasteiger charge is 2.17. The van der Waals surface area contributed by atoms with Gasteiger partial charge in [-0.3, -0.25) is 4.79 Å². The second-order valence-electron chi connectivity index (χ2n) is 5.09. The lowest BCUT2D eigenvalue weighted by Gasteiger charge is -2.16. The molecule has 2 aromatic carbocycles. The molecule has 0 radical (unpaired) electrons. The van der Waals surface area contributed by atoms with E-state index in [0.29, 0.717) is 21.5 Å². The quantitative estimate of drug-likeness (QED) is 0.850. The SMILES string of the molecule is Cc1ccc(O[C@H](C)C(=O)Nc2c(Cl)cccc2Cl)cc1C. The van der Waals surface area contributed by atoms with Crippen LogP contribution in [-0.4, -0.2) is 12.0 Å². The summed E-state index contributed by atoms with van der Waals surface area (Å²) in [5.41, 5.74) is 2.68. The summed E-state index contributed by atoms with van der Waals surface area (Å²) >= 11 is 12.1. The van der Waals surface area contributed by atoms with Crippen LogP contribution >= 0.6 is 23.2 Å². The highest BCUT2D eigenvalue weighted by atomic mass is 35.5. The lowest BCUT2D eigenvalue weighted by Crippen LogP contribution is -2.30. The van der Waals surface area contributed by atoms with Gasteiger partial charge in [0, 0.05) is 0 Å². The van der Waals surface area contributed by atoms with Crippen LogP contribution in [0.5, 0.6) is 5.75 Å². The van der Waals surface area contributed by atoms with E-state index in [0.717, 1.165) is 5.56 Å². The van der Waals surface area contributed by atoms with Gasteiger partial charge in [-0.25, -0.2) is 0 Å². The molecule has 0 aliphatic carbocycles. The molecule has 1 amide bonds. The second kappa shape index (κ2) is 7.03. The summed E-state index contributed by atoms with van der Waals surface area (Å²) in [7, 11) is 0.